The Morgan fingerprint density at radius 3 is 1.36 bits per heavy atom. The van der Waals surface area contributed by atoms with Gasteiger partial charge in [0.15, 0.2) is 0 Å². The van der Waals surface area contributed by atoms with E-state index in [1.165, 1.54) is 21.9 Å². The molecule has 0 saturated carbocycles. The van der Waals surface area contributed by atoms with Crippen LogP contribution in [-0.4, -0.2) is 9.52 Å². The molecule has 0 aliphatic carbocycles. The summed E-state index contributed by atoms with van der Waals surface area (Å²) in [7, 11) is 11.0. The second-order valence-electron chi connectivity index (χ2n) is 6.12. The van der Waals surface area contributed by atoms with Crippen molar-refractivity contribution in [2.75, 3.05) is 0 Å². The molecule has 4 aromatic carbocycles. The topological polar surface area (TPSA) is 0 Å². The van der Waals surface area contributed by atoms with Crippen molar-refractivity contribution in [1.82, 2.24) is 0 Å². The molecule has 2 radical (unpaired) electrons. The van der Waals surface area contributed by atoms with Gasteiger partial charge in [-0.25, -0.2) is 0 Å². The maximum absolute atomic E-state index is 5.97. The molecule has 0 bridgehead atoms. The average Bonchev–Trinajstić information content (AvgIpc) is 3.20. The van der Waals surface area contributed by atoms with Crippen LogP contribution in [0.3, 0.4) is 0 Å². The Bertz CT molecular complexity index is 895. The summed E-state index contributed by atoms with van der Waals surface area (Å²) in [5.41, 5.74) is 2.54. The Labute approximate surface area is 199 Å². The van der Waals surface area contributed by atoms with E-state index < -0.39 is 20.8 Å². The fraction of sp³-hybridized carbons (Fsp3) is 0.182. The number of hydrogen-bond acceptors (Lipinski definition) is 0. The summed E-state index contributed by atoms with van der Waals surface area (Å²) in [6, 6.07) is 20.4. The molecule has 0 spiro atoms. The second kappa shape index (κ2) is 14.0. The van der Waals surface area contributed by atoms with E-state index >= 15 is 0 Å². The SMILES string of the molecule is C[Si]C.Cc1cc2c(Cl)cccc2[cH-]1.Cc1cc2c(Cl)cccc2[cH-]1.[Cl][Zr+2][Cl]. The van der Waals surface area contributed by atoms with E-state index in [2.05, 4.69) is 63.3 Å². The summed E-state index contributed by atoms with van der Waals surface area (Å²) in [5.74, 6) is 0. The van der Waals surface area contributed by atoms with E-state index in [1.54, 1.807) is 0 Å². The molecule has 0 unspecified atom stereocenters. The van der Waals surface area contributed by atoms with Crippen LogP contribution >= 0.6 is 40.2 Å². The molecule has 4 aromatic rings. The molecule has 0 saturated heterocycles. The van der Waals surface area contributed by atoms with Gasteiger partial charge in [-0.1, -0.05) is 62.3 Å². The Morgan fingerprint density at radius 2 is 1.07 bits per heavy atom. The van der Waals surface area contributed by atoms with Crippen molar-refractivity contribution in [1.29, 1.82) is 0 Å². The quantitative estimate of drug-likeness (QED) is 0.152. The van der Waals surface area contributed by atoms with Crippen LogP contribution in [0.5, 0.6) is 0 Å². The average molecular weight is 548 g/mol. The molecular formula is C22H22Cl4SiZr. The van der Waals surface area contributed by atoms with Gasteiger partial charge in [0.05, 0.1) is 0 Å². The van der Waals surface area contributed by atoms with Gasteiger partial charge in [0, 0.05) is 9.52 Å². The molecule has 0 N–H and O–H groups in total. The molecule has 0 atom stereocenters. The third kappa shape index (κ3) is 8.34. The van der Waals surface area contributed by atoms with E-state index in [-0.39, 0.29) is 0 Å². The molecule has 0 aromatic heterocycles. The van der Waals surface area contributed by atoms with Crippen molar-refractivity contribution in [3.05, 3.63) is 81.8 Å². The molecule has 0 aliphatic rings. The Morgan fingerprint density at radius 1 is 0.750 bits per heavy atom. The summed E-state index contributed by atoms with van der Waals surface area (Å²) in [6.45, 7) is 8.46. The summed E-state index contributed by atoms with van der Waals surface area (Å²) in [5, 5.41) is 6.47. The standard InChI is InChI=1S/2C10H8Cl.C2H6Si.2ClH.Zr/c2*1-7-5-8-3-2-4-10(11)9(8)6-7;1-3-2;;;/h2*2-6H,1H3;1-2H3;2*1H;/q2*-1;;;;+4/p-2. The molecule has 0 amide bonds. The predicted octanol–water partition coefficient (Wildman–Crippen LogP) is 9.20. The Hall–Kier alpha value is -0.0800. The number of benzene rings is 2. The molecule has 0 nitrogen and oxygen atoms in total. The molecule has 146 valence electrons. The first-order valence-corrected chi connectivity index (χ1v) is 17.6. The zero-order valence-corrected chi connectivity index (χ0v) is 22.8. The Kier molecular flexibility index (Phi) is 13.0. The Balaban J connectivity index is 0.000000220. The van der Waals surface area contributed by atoms with E-state index in [0.717, 1.165) is 30.3 Å². The van der Waals surface area contributed by atoms with E-state index in [9.17, 15) is 0 Å². The van der Waals surface area contributed by atoms with Crippen LogP contribution in [0.15, 0.2) is 60.7 Å². The van der Waals surface area contributed by atoms with Gasteiger partial charge in [-0.3, -0.25) is 0 Å². The summed E-state index contributed by atoms with van der Waals surface area (Å²) in [4.78, 5) is 0. The summed E-state index contributed by atoms with van der Waals surface area (Å²) >= 11 is 11.1. The number of rotatable bonds is 0. The van der Waals surface area contributed by atoms with Crippen LogP contribution < -0.4 is 0 Å². The van der Waals surface area contributed by atoms with Gasteiger partial charge in [0.25, 0.3) is 0 Å². The zero-order valence-electron chi connectivity index (χ0n) is 16.3. The van der Waals surface area contributed by atoms with Crippen molar-refractivity contribution in [2.45, 2.75) is 26.9 Å². The first-order chi connectivity index (χ1) is 13.4. The number of aryl methyl sites for hydroxylation is 2. The van der Waals surface area contributed by atoms with E-state index in [0.29, 0.717) is 0 Å². The number of halogens is 4. The molecular weight excluding hydrogens is 525 g/mol. The van der Waals surface area contributed by atoms with Gasteiger partial charge in [-0.05, 0) is 10.0 Å². The number of fused-ring (bicyclic) bond motifs is 2. The van der Waals surface area contributed by atoms with Crippen molar-refractivity contribution in [3.8, 4) is 0 Å². The van der Waals surface area contributed by atoms with E-state index in [4.69, 9.17) is 40.2 Å². The van der Waals surface area contributed by atoms with Crippen LogP contribution in [0.2, 0.25) is 23.1 Å². The molecule has 6 heteroatoms. The minimum atomic E-state index is -0.826. The monoisotopic (exact) mass is 544 g/mol. The van der Waals surface area contributed by atoms with Crippen molar-refractivity contribution in [3.63, 3.8) is 0 Å². The van der Waals surface area contributed by atoms with Crippen LogP contribution in [0, 0.1) is 13.8 Å². The van der Waals surface area contributed by atoms with Gasteiger partial charge in [0.2, 0.25) is 0 Å². The first kappa shape index (κ1) is 26.0. The fourth-order valence-electron chi connectivity index (χ4n) is 2.69. The van der Waals surface area contributed by atoms with Crippen LogP contribution in [0.25, 0.3) is 21.5 Å². The summed E-state index contributed by atoms with van der Waals surface area (Å²) in [6.07, 6.45) is 0. The van der Waals surface area contributed by atoms with Gasteiger partial charge in [-0.15, -0.1) is 69.1 Å². The summed E-state index contributed by atoms with van der Waals surface area (Å²) < 4.78 is 0. The van der Waals surface area contributed by atoms with Crippen LogP contribution in [0.1, 0.15) is 11.1 Å². The minimum absolute atomic E-state index is 0.826. The maximum atomic E-state index is 5.97. The molecule has 0 fully saturated rings. The van der Waals surface area contributed by atoms with Crippen LogP contribution in [-0.2, 0) is 20.8 Å². The van der Waals surface area contributed by atoms with Crippen molar-refractivity contribution >= 4 is 71.3 Å². The molecule has 0 aliphatic heterocycles. The molecule has 4 rings (SSSR count). The van der Waals surface area contributed by atoms with Crippen molar-refractivity contribution < 1.29 is 20.8 Å². The van der Waals surface area contributed by atoms with E-state index in [1.807, 2.05) is 24.3 Å². The van der Waals surface area contributed by atoms with Gasteiger partial charge < -0.3 is 0 Å². The van der Waals surface area contributed by atoms with Crippen molar-refractivity contribution in [2.24, 2.45) is 0 Å². The number of hydrogen-bond donors (Lipinski definition) is 0. The van der Waals surface area contributed by atoms with Gasteiger partial charge in [0.1, 0.15) is 0 Å². The normalized spacial score (nSPS) is 9.43. The fourth-order valence-corrected chi connectivity index (χ4v) is 3.17. The molecule has 28 heavy (non-hydrogen) atoms. The van der Waals surface area contributed by atoms with Gasteiger partial charge >= 0.3 is 37.9 Å². The van der Waals surface area contributed by atoms with Crippen LogP contribution in [0.4, 0.5) is 0 Å². The van der Waals surface area contributed by atoms with Gasteiger partial charge in [-0.2, -0.15) is 12.1 Å². The second-order valence-corrected chi connectivity index (χ2v) is 11.7. The molecule has 0 heterocycles. The third-order valence-corrected chi connectivity index (χ3v) is 4.34. The first-order valence-electron chi connectivity index (χ1n) is 8.55. The zero-order chi connectivity index (χ0) is 21.1. The third-order valence-electron chi connectivity index (χ3n) is 3.68. The predicted molar refractivity (Wildman–Crippen MR) is 128 cm³/mol.